The molecule has 0 fully saturated rings. The fourth-order valence-corrected chi connectivity index (χ4v) is 3.86. The predicted octanol–water partition coefficient (Wildman–Crippen LogP) is 5.12. The van der Waals surface area contributed by atoms with E-state index in [2.05, 4.69) is 54.2 Å². The second kappa shape index (κ2) is 6.25. The standard InChI is InChI=1S/C15H20BrNOS/c1-5-8-17-15(12-6-7-13(16)19-12)14-9(2)10(3)18-11(14)4/h6-7,15,17H,5,8H2,1-4H3. The Morgan fingerprint density at radius 1 is 1.26 bits per heavy atom. The zero-order valence-electron chi connectivity index (χ0n) is 11.8. The van der Waals surface area contributed by atoms with E-state index < -0.39 is 0 Å². The van der Waals surface area contributed by atoms with Gasteiger partial charge in [0.2, 0.25) is 0 Å². The van der Waals surface area contributed by atoms with Gasteiger partial charge in [0.1, 0.15) is 11.5 Å². The van der Waals surface area contributed by atoms with Crippen LogP contribution < -0.4 is 5.32 Å². The average molecular weight is 342 g/mol. The van der Waals surface area contributed by atoms with Crippen molar-refractivity contribution in [3.05, 3.63) is 43.4 Å². The van der Waals surface area contributed by atoms with Gasteiger partial charge < -0.3 is 9.73 Å². The summed E-state index contributed by atoms with van der Waals surface area (Å²) >= 11 is 5.33. The minimum atomic E-state index is 0.230. The van der Waals surface area contributed by atoms with E-state index in [-0.39, 0.29) is 6.04 Å². The molecular formula is C15H20BrNOS. The smallest absolute Gasteiger partial charge is 0.106 e. The third-order valence-electron chi connectivity index (χ3n) is 3.38. The molecule has 19 heavy (non-hydrogen) atoms. The first-order valence-electron chi connectivity index (χ1n) is 6.59. The van der Waals surface area contributed by atoms with Crippen molar-refractivity contribution in [2.75, 3.05) is 6.54 Å². The number of halogens is 1. The van der Waals surface area contributed by atoms with Crippen LogP contribution in [0.3, 0.4) is 0 Å². The van der Waals surface area contributed by atoms with Gasteiger partial charge in [-0.15, -0.1) is 11.3 Å². The number of hydrogen-bond donors (Lipinski definition) is 1. The summed E-state index contributed by atoms with van der Waals surface area (Å²) in [7, 11) is 0. The number of nitrogens with one attached hydrogen (secondary N) is 1. The van der Waals surface area contributed by atoms with E-state index >= 15 is 0 Å². The van der Waals surface area contributed by atoms with Gasteiger partial charge in [-0.05, 0) is 67.4 Å². The van der Waals surface area contributed by atoms with Crippen LogP contribution in [0.25, 0.3) is 0 Å². The van der Waals surface area contributed by atoms with Crippen LogP contribution in [-0.2, 0) is 0 Å². The van der Waals surface area contributed by atoms with Crippen LogP contribution in [0.4, 0.5) is 0 Å². The quantitative estimate of drug-likeness (QED) is 0.816. The summed E-state index contributed by atoms with van der Waals surface area (Å²) in [4.78, 5) is 1.33. The first kappa shape index (κ1) is 14.8. The largest absolute Gasteiger partial charge is 0.466 e. The molecule has 2 nitrogen and oxygen atoms in total. The number of rotatable bonds is 5. The molecule has 4 heteroatoms. The first-order chi connectivity index (χ1) is 9.04. The molecule has 2 aromatic heterocycles. The van der Waals surface area contributed by atoms with Crippen LogP contribution >= 0.6 is 27.3 Å². The second-order valence-electron chi connectivity index (χ2n) is 4.78. The Morgan fingerprint density at radius 3 is 2.47 bits per heavy atom. The number of furan rings is 1. The van der Waals surface area contributed by atoms with E-state index in [0.29, 0.717) is 0 Å². The summed E-state index contributed by atoms with van der Waals surface area (Å²) in [6.45, 7) is 9.42. The lowest BCUT2D eigenvalue weighted by Gasteiger charge is -2.18. The minimum absolute atomic E-state index is 0.230. The Hall–Kier alpha value is -0.580. The summed E-state index contributed by atoms with van der Waals surface area (Å²) in [6, 6.07) is 4.52. The number of aryl methyl sites for hydroxylation is 2. The maximum atomic E-state index is 5.79. The fourth-order valence-electron chi connectivity index (χ4n) is 2.35. The maximum absolute atomic E-state index is 5.79. The molecule has 1 unspecified atom stereocenters. The minimum Gasteiger partial charge on any atom is -0.466 e. The second-order valence-corrected chi connectivity index (χ2v) is 7.28. The van der Waals surface area contributed by atoms with Crippen molar-refractivity contribution in [3.63, 3.8) is 0 Å². The molecule has 0 spiro atoms. The molecule has 0 aliphatic heterocycles. The van der Waals surface area contributed by atoms with Crippen LogP contribution in [0, 0.1) is 20.8 Å². The molecule has 2 aromatic rings. The molecular weight excluding hydrogens is 322 g/mol. The van der Waals surface area contributed by atoms with Crippen LogP contribution in [0.1, 0.15) is 46.9 Å². The van der Waals surface area contributed by atoms with Crippen molar-refractivity contribution in [3.8, 4) is 0 Å². The van der Waals surface area contributed by atoms with Gasteiger partial charge in [0.25, 0.3) is 0 Å². The van der Waals surface area contributed by atoms with Gasteiger partial charge in [-0.3, -0.25) is 0 Å². The van der Waals surface area contributed by atoms with Gasteiger partial charge in [-0.25, -0.2) is 0 Å². The van der Waals surface area contributed by atoms with E-state index in [1.54, 1.807) is 11.3 Å². The molecule has 1 atom stereocenters. The zero-order valence-corrected chi connectivity index (χ0v) is 14.2. The lowest BCUT2D eigenvalue weighted by Crippen LogP contribution is -2.23. The van der Waals surface area contributed by atoms with Crippen LogP contribution in [0.5, 0.6) is 0 Å². The molecule has 0 radical (unpaired) electrons. The van der Waals surface area contributed by atoms with Gasteiger partial charge in [0.15, 0.2) is 0 Å². The monoisotopic (exact) mass is 341 g/mol. The molecule has 0 saturated heterocycles. The van der Waals surface area contributed by atoms with Gasteiger partial charge >= 0.3 is 0 Å². The Bertz CT molecular complexity index is 558. The summed E-state index contributed by atoms with van der Waals surface area (Å²) in [6.07, 6.45) is 1.12. The van der Waals surface area contributed by atoms with Crippen LogP contribution in [0.2, 0.25) is 0 Å². The molecule has 0 amide bonds. The van der Waals surface area contributed by atoms with Crippen molar-refractivity contribution < 1.29 is 4.42 Å². The van der Waals surface area contributed by atoms with Crippen LogP contribution in [-0.4, -0.2) is 6.54 Å². The zero-order chi connectivity index (χ0) is 14.0. The van der Waals surface area contributed by atoms with Crippen molar-refractivity contribution in [2.24, 2.45) is 0 Å². The normalized spacial score (nSPS) is 12.9. The fraction of sp³-hybridized carbons (Fsp3) is 0.467. The summed E-state index contributed by atoms with van der Waals surface area (Å²) < 4.78 is 6.96. The van der Waals surface area contributed by atoms with Crippen molar-refractivity contribution in [1.29, 1.82) is 0 Å². The highest BCUT2D eigenvalue weighted by atomic mass is 79.9. The van der Waals surface area contributed by atoms with Gasteiger partial charge in [-0.1, -0.05) is 6.92 Å². The molecule has 104 valence electrons. The molecule has 2 heterocycles. The van der Waals surface area contributed by atoms with Gasteiger partial charge in [-0.2, -0.15) is 0 Å². The molecule has 0 saturated carbocycles. The highest BCUT2D eigenvalue weighted by Crippen LogP contribution is 2.36. The SMILES string of the molecule is CCCNC(c1ccc(Br)s1)c1c(C)oc(C)c1C. The van der Waals surface area contributed by atoms with Gasteiger partial charge in [0, 0.05) is 10.4 Å². The first-order valence-corrected chi connectivity index (χ1v) is 8.20. The summed E-state index contributed by atoms with van der Waals surface area (Å²) in [5.74, 6) is 2.04. The number of thiophene rings is 1. The summed E-state index contributed by atoms with van der Waals surface area (Å²) in [5, 5.41) is 3.64. The maximum Gasteiger partial charge on any atom is 0.106 e. The van der Waals surface area contributed by atoms with E-state index in [0.717, 1.165) is 24.5 Å². The molecule has 1 N–H and O–H groups in total. The summed E-state index contributed by atoms with van der Waals surface area (Å²) in [5.41, 5.74) is 2.55. The highest BCUT2D eigenvalue weighted by Gasteiger charge is 2.23. The topological polar surface area (TPSA) is 25.2 Å². The van der Waals surface area contributed by atoms with Crippen molar-refractivity contribution in [2.45, 2.75) is 40.2 Å². The highest BCUT2D eigenvalue weighted by molar-refractivity contribution is 9.11. The molecule has 2 rings (SSSR count). The molecule has 0 bridgehead atoms. The Balaban J connectivity index is 2.42. The molecule has 0 aromatic carbocycles. The Kier molecular flexibility index (Phi) is 4.87. The molecule has 0 aliphatic carbocycles. The molecule has 0 aliphatic rings. The third-order valence-corrected chi connectivity index (χ3v) is 5.07. The lowest BCUT2D eigenvalue weighted by atomic mass is 10.0. The Labute approximate surface area is 127 Å². The van der Waals surface area contributed by atoms with Crippen molar-refractivity contribution >= 4 is 27.3 Å². The van der Waals surface area contributed by atoms with Crippen molar-refractivity contribution in [1.82, 2.24) is 5.32 Å². The average Bonchev–Trinajstić information content (AvgIpc) is 2.88. The third kappa shape index (κ3) is 3.12. The predicted molar refractivity (Wildman–Crippen MR) is 85.1 cm³/mol. The lowest BCUT2D eigenvalue weighted by molar-refractivity contribution is 0.493. The Morgan fingerprint density at radius 2 is 2.00 bits per heavy atom. The van der Waals surface area contributed by atoms with E-state index in [1.807, 2.05) is 6.92 Å². The number of hydrogen-bond acceptors (Lipinski definition) is 3. The van der Waals surface area contributed by atoms with E-state index in [1.165, 1.54) is 19.8 Å². The van der Waals surface area contributed by atoms with Gasteiger partial charge in [0.05, 0.1) is 9.83 Å². The van der Waals surface area contributed by atoms with Crippen LogP contribution in [0.15, 0.2) is 20.3 Å². The van der Waals surface area contributed by atoms with E-state index in [4.69, 9.17) is 4.42 Å². The van der Waals surface area contributed by atoms with E-state index in [9.17, 15) is 0 Å².